The predicted molar refractivity (Wildman–Crippen MR) is 107 cm³/mol. The number of nitrogens with zero attached hydrogens (tertiary/aromatic N) is 1. The molecule has 1 saturated carbocycles. The fourth-order valence-corrected chi connectivity index (χ4v) is 4.75. The van der Waals surface area contributed by atoms with Crippen LogP contribution in [0.2, 0.25) is 0 Å². The highest BCUT2D eigenvalue weighted by molar-refractivity contribution is 5.86. The maximum Gasteiger partial charge on any atom is 0.255 e. The molecule has 1 aromatic carbocycles. The molecule has 2 aromatic rings. The van der Waals surface area contributed by atoms with E-state index in [0.29, 0.717) is 18.9 Å². The van der Waals surface area contributed by atoms with Crippen LogP contribution in [0.3, 0.4) is 0 Å². The minimum absolute atomic E-state index is 0.129. The van der Waals surface area contributed by atoms with E-state index in [1.807, 2.05) is 11.0 Å². The highest BCUT2D eigenvalue weighted by Gasteiger charge is 2.42. The van der Waals surface area contributed by atoms with E-state index in [1.54, 1.807) is 6.07 Å². The van der Waals surface area contributed by atoms with E-state index in [1.165, 1.54) is 44.2 Å². The van der Waals surface area contributed by atoms with Gasteiger partial charge in [0.05, 0.1) is 0 Å². The summed E-state index contributed by atoms with van der Waals surface area (Å²) < 4.78 is 13.3. The van der Waals surface area contributed by atoms with Gasteiger partial charge < -0.3 is 20.3 Å². The van der Waals surface area contributed by atoms with Crippen LogP contribution in [-0.2, 0) is 11.3 Å². The van der Waals surface area contributed by atoms with Gasteiger partial charge in [-0.1, -0.05) is 19.3 Å². The first-order chi connectivity index (χ1) is 13.5. The highest BCUT2D eigenvalue weighted by Crippen LogP contribution is 2.28. The van der Waals surface area contributed by atoms with Crippen molar-refractivity contribution in [2.24, 2.45) is 5.92 Å². The molecule has 1 amide bonds. The Morgan fingerprint density at radius 1 is 1.21 bits per heavy atom. The van der Waals surface area contributed by atoms with E-state index < -0.39 is 5.60 Å². The molecule has 2 aliphatic rings. The molecule has 28 heavy (non-hydrogen) atoms. The molecule has 1 saturated heterocycles. The van der Waals surface area contributed by atoms with Crippen molar-refractivity contribution in [2.75, 3.05) is 19.6 Å². The summed E-state index contributed by atoms with van der Waals surface area (Å²) in [5, 5.41) is 15.0. The van der Waals surface area contributed by atoms with Gasteiger partial charge in [0.2, 0.25) is 0 Å². The zero-order chi connectivity index (χ0) is 19.6. The number of benzene rings is 1. The van der Waals surface area contributed by atoms with Crippen molar-refractivity contribution in [3.63, 3.8) is 0 Å². The van der Waals surface area contributed by atoms with Crippen LogP contribution in [0.1, 0.15) is 50.6 Å². The third-order valence-electron chi connectivity index (χ3n) is 6.28. The summed E-state index contributed by atoms with van der Waals surface area (Å²) >= 11 is 0. The highest BCUT2D eigenvalue weighted by atomic mass is 19.1. The summed E-state index contributed by atoms with van der Waals surface area (Å²) in [7, 11) is 0. The average molecular weight is 387 g/mol. The Morgan fingerprint density at radius 2 is 2.04 bits per heavy atom. The summed E-state index contributed by atoms with van der Waals surface area (Å²) in [5.41, 5.74) is 0.459. The number of rotatable bonds is 6. The summed E-state index contributed by atoms with van der Waals surface area (Å²) in [4.78, 5) is 18.1. The molecule has 1 aromatic heterocycles. The molecular formula is C22H30FN3O2. The lowest BCUT2D eigenvalue weighted by Crippen LogP contribution is -2.58. The van der Waals surface area contributed by atoms with Crippen LogP contribution in [-0.4, -0.2) is 46.1 Å². The van der Waals surface area contributed by atoms with E-state index in [0.717, 1.165) is 36.1 Å². The molecule has 3 N–H and O–H groups in total. The van der Waals surface area contributed by atoms with Gasteiger partial charge in [0.25, 0.3) is 5.91 Å². The van der Waals surface area contributed by atoms with Gasteiger partial charge in [0.15, 0.2) is 5.60 Å². The van der Waals surface area contributed by atoms with E-state index in [9.17, 15) is 14.3 Å². The number of hydrogen-bond donors (Lipinski definition) is 3. The van der Waals surface area contributed by atoms with Crippen molar-refractivity contribution in [1.82, 2.24) is 15.2 Å². The Hall–Kier alpha value is -1.92. The van der Waals surface area contributed by atoms with Crippen molar-refractivity contribution in [2.45, 2.75) is 57.1 Å². The quantitative estimate of drug-likeness (QED) is 0.712. The zero-order valence-corrected chi connectivity index (χ0v) is 16.3. The van der Waals surface area contributed by atoms with Gasteiger partial charge in [-0.25, -0.2) is 4.39 Å². The van der Waals surface area contributed by atoms with E-state index >= 15 is 0 Å². The smallest absolute Gasteiger partial charge is 0.255 e. The molecule has 0 radical (unpaired) electrons. The lowest BCUT2D eigenvalue weighted by Gasteiger charge is -2.40. The molecule has 5 nitrogen and oxygen atoms in total. The molecule has 1 atom stereocenters. The van der Waals surface area contributed by atoms with E-state index in [-0.39, 0.29) is 18.3 Å². The number of halogens is 1. The number of aromatic nitrogens is 1. The number of carbonyl (C=O) groups is 1. The average Bonchev–Trinajstić information content (AvgIpc) is 3.08. The molecule has 1 aliphatic carbocycles. The molecule has 6 heteroatoms. The number of hydrogen-bond acceptors (Lipinski definition) is 3. The Kier molecular flexibility index (Phi) is 5.69. The number of likely N-dealkylation sites (tertiary alicyclic amines) is 1. The minimum atomic E-state index is -1.33. The minimum Gasteiger partial charge on any atom is -0.379 e. The van der Waals surface area contributed by atoms with Gasteiger partial charge in [0.1, 0.15) is 5.82 Å². The third kappa shape index (κ3) is 4.23. The maximum atomic E-state index is 13.3. The number of piperidine rings is 1. The van der Waals surface area contributed by atoms with Crippen LogP contribution in [0.15, 0.2) is 24.3 Å². The fraction of sp³-hybridized carbons (Fsp3) is 0.591. The number of nitrogens with one attached hydrogen (secondary N) is 2. The Labute approximate surface area is 165 Å². The number of fused-ring (bicyclic) bond motifs is 1. The number of amides is 1. The van der Waals surface area contributed by atoms with Gasteiger partial charge in [-0.2, -0.15) is 0 Å². The van der Waals surface area contributed by atoms with Crippen LogP contribution in [0.4, 0.5) is 4.39 Å². The van der Waals surface area contributed by atoms with Crippen molar-refractivity contribution in [1.29, 1.82) is 0 Å². The van der Waals surface area contributed by atoms with Crippen LogP contribution >= 0.6 is 0 Å². The Bertz CT molecular complexity index is 830. The molecule has 152 valence electrons. The van der Waals surface area contributed by atoms with Gasteiger partial charge >= 0.3 is 0 Å². The van der Waals surface area contributed by atoms with Crippen LogP contribution in [0.25, 0.3) is 10.9 Å². The van der Waals surface area contributed by atoms with Gasteiger partial charge in [-0.3, -0.25) is 4.79 Å². The number of H-pyrrole nitrogens is 1. The molecule has 1 unspecified atom stereocenters. The topological polar surface area (TPSA) is 68.4 Å². The second-order valence-electron chi connectivity index (χ2n) is 8.52. The summed E-state index contributed by atoms with van der Waals surface area (Å²) in [5.74, 6) is 0.196. The van der Waals surface area contributed by atoms with Crippen LogP contribution in [0.5, 0.6) is 0 Å². The molecule has 2 fully saturated rings. The Morgan fingerprint density at radius 3 is 2.86 bits per heavy atom. The fourth-order valence-electron chi connectivity index (χ4n) is 4.75. The second-order valence-corrected chi connectivity index (χ2v) is 8.52. The third-order valence-corrected chi connectivity index (χ3v) is 6.28. The lowest BCUT2D eigenvalue weighted by atomic mass is 9.86. The van der Waals surface area contributed by atoms with Crippen LogP contribution < -0.4 is 5.32 Å². The second kappa shape index (κ2) is 8.21. The van der Waals surface area contributed by atoms with Crippen molar-refractivity contribution >= 4 is 16.8 Å². The normalized spacial score (nSPS) is 24.2. The van der Waals surface area contributed by atoms with Gasteiger partial charge in [-0.15, -0.1) is 0 Å². The summed E-state index contributed by atoms with van der Waals surface area (Å²) in [6.45, 7) is 2.27. The molecule has 0 spiro atoms. The molecule has 1 aliphatic heterocycles. The van der Waals surface area contributed by atoms with Crippen molar-refractivity contribution < 1.29 is 14.3 Å². The molecule has 2 heterocycles. The maximum absolute atomic E-state index is 13.3. The first-order valence-electron chi connectivity index (χ1n) is 10.5. The number of aromatic amines is 1. The standard InChI is InChI=1S/C22H30FN3O2/c23-18-7-8-20-17(11-18)12-19(25-20)13-24-15-22(28)9-4-10-26(21(22)27)14-16-5-2-1-3-6-16/h7-8,11-12,16,24-25,28H,1-6,9-10,13-15H2. The van der Waals surface area contributed by atoms with Crippen molar-refractivity contribution in [3.8, 4) is 0 Å². The lowest BCUT2D eigenvalue weighted by molar-refractivity contribution is -0.157. The van der Waals surface area contributed by atoms with Crippen LogP contribution in [0, 0.1) is 11.7 Å². The van der Waals surface area contributed by atoms with Gasteiger partial charge in [0, 0.05) is 42.8 Å². The molecule has 4 rings (SSSR count). The monoisotopic (exact) mass is 387 g/mol. The van der Waals surface area contributed by atoms with E-state index in [4.69, 9.17) is 0 Å². The summed E-state index contributed by atoms with van der Waals surface area (Å²) in [6.07, 6.45) is 7.54. The number of aliphatic hydroxyl groups is 1. The molecular weight excluding hydrogens is 357 g/mol. The summed E-state index contributed by atoms with van der Waals surface area (Å²) in [6, 6.07) is 6.54. The predicted octanol–water partition coefficient (Wildman–Crippen LogP) is 3.33. The zero-order valence-electron chi connectivity index (χ0n) is 16.3. The SMILES string of the molecule is O=C1N(CC2CCCCC2)CCCC1(O)CNCc1cc2cc(F)ccc2[nH]1. The largest absolute Gasteiger partial charge is 0.379 e. The first-order valence-corrected chi connectivity index (χ1v) is 10.5. The first kappa shape index (κ1) is 19.4. The van der Waals surface area contributed by atoms with Crippen molar-refractivity contribution in [3.05, 3.63) is 35.8 Å². The number of carbonyl (C=O) groups excluding carboxylic acids is 1. The van der Waals surface area contributed by atoms with E-state index in [2.05, 4.69) is 10.3 Å². The molecule has 0 bridgehead atoms. The van der Waals surface area contributed by atoms with Gasteiger partial charge in [-0.05, 0) is 55.9 Å². The Balaban J connectivity index is 1.33.